The molecule has 0 saturated heterocycles. The number of ether oxygens (including phenoxy) is 2. The van der Waals surface area contributed by atoms with Gasteiger partial charge in [0.1, 0.15) is 11.9 Å². The average molecular weight is 417 g/mol. The molecule has 3 unspecified atom stereocenters. The van der Waals surface area contributed by atoms with Gasteiger partial charge < -0.3 is 20.5 Å². The Morgan fingerprint density at radius 2 is 1.93 bits per heavy atom. The number of nitrogens with one attached hydrogen (secondary N) is 2. The van der Waals surface area contributed by atoms with E-state index in [-0.39, 0.29) is 23.6 Å². The molecule has 0 radical (unpaired) electrons. The lowest BCUT2D eigenvalue weighted by Crippen LogP contribution is -2.46. The van der Waals surface area contributed by atoms with Gasteiger partial charge in [-0.2, -0.15) is 13.2 Å². The third-order valence-corrected chi connectivity index (χ3v) is 5.44. The van der Waals surface area contributed by atoms with Crippen molar-refractivity contribution in [3.05, 3.63) is 18.2 Å². The van der Waals surface area contributed by atoms with E-state index in [1.807, 2.05) is 13.8 Å². The molecule has 0 aromatic heterocycles. The molecule has 29 heavy (non-hydrogen) atoms. The Morgan fingerprint density at radius 1 is 1.31 bits per heavy atom. The smallest absolute Gasteiger partial charge is 0.427 e. The minimum atomic E-state index is -4.67. The summed E-state index contributed by atoms with van der Waals surface area (Å²) in [5, 5.41) is 5.65. The summed E-state index contributed by atoms with van der Waals surface area (Å²) < 4.78 is 49.2. The van der Waals surface area contributed by atoms with Crippen LogP contribution in [-0.2, 0) is 4.74 Å². The summed E-state index contributed by atoms with van der Waals surface area (Å²) in [6.45, 7) is 9.70. The number of rotatable bonds is 5. The number of hydrogen-bond donors (Lipinski definition) is 3. The molecule has 0 saturated carbocycles. The molecule has 1 heterocycles. The molecule has 1 amide bonds. The molecular formula is C20H30F3N3O3. The maximum Gasteiger partial charge on any atom is 0.427 e. The van der Waals surface area contributed by atoms with E-state index in [1.54, 1.807) is 18.2 Å². The molecule has 4 N–H and O–H groups in total. The molecule has 9 heteroatoms. The standard InChI is InChI=1S/C20H30F3N3O3/c1-11-16(10-18(3,4)12(2)24)28-15-8-7-13(9-14(15)25-11)26-17(27)29-19(5,6)20(21,22)23/h7-9,11-12,16,25H,10,24H2,1-6H3,(H,26,27). The molecule has 1 aliphatic rings. The fourth-order valence-corrected chi connectivity index (χ4v) is 2.78. The van der Waals surface area contributed by atoms with Crippen molar-refractivity contribution in [1.29, 1.82) is 0 Å². The maximum atomic E-state index is 12.9. The van der Waals surface area contributed by atoms with Crippen LogP contribution in [0, 0.1) is 5.41 Å². The Kier molecular flexibility index (Phi) is 6.32. The van der Waals surface area contributed by atoms with Gasteiger partial charge in [0.15, 0.2) is 0 Å². The van der Waals surface area contributed by atoms with Gasteiger partial charge in [0.2, 0.25) is 5.60 Å². The van der Waals surface area contributed by atoms with Gasteiger partial charge in [-0.1, -0.05) is 13.8 Å². The van der Waals surface area contributed by atoms with Crippen molar-refractivity contribution in [2.75, 3.05) is 10.6 Å². The van der Waals surface area contributed by atoms with Crippen LogP contribution in [0.5, 0.6) is 5.75 Å². The zero-order chi connectivity index (χ0) is 22.2. The van der Waals surface area contributed by atoms with Crippen LogP contribution in [0.2, 0.25) is 0 Å². The molecule has 6 nitrogen and oxygen atoms in total. The highest BCUT2D eigenvalue weighted by Gasteiger charge is 2.51. The van der Waals surface area contributed by atoms with E-state index in [9.17, 15) is 18.0 Å². The van der Waals surface area contributed by atoms with E-state index >= 15 is 0 Å². The number of benzene rings is 1. The van der Waals surface area contributed by atoms with Crippen LogP contribution in [0.3, 0.4) is 0 Å². The summed E-state index contributed by atoms with van der Waals surface area (Å²) in [6, 6.07) is 4.78. The van der Waals surface area contributed by atoms with Crippen molar-refractivity contribution < 1.29 is 27.4 Å². The summed E-state index contributed by atoms with van der Waals surface area (Å²) in [5.41, 5.74) is 4.29. The number of nitrogens with two attached hydrogens (primary N) is 1. The lowest BCUT2D eigenvalue weighted by atomic mass is 9.79. The van der Waals surface area contributed by atoms with Gasteiger partial charge in [0, 0.05) is 11.7 Å². The molecule has 0 spiro atoms. The normalized spacial score (nSPS) is 20.8. The SMILES string of the molecule is CC1Nc2cc(NC(=O)OC(C)(C)C(F)(F)F)ccc2OC1CC(C)(C)C(C)N. The first-order valence-electron chi connectivity index (χ1n) is 9.52. The summed E-state index contributed by atoms with van der Waals surface area (Å²) in [6.07, 6.45) is -5.21. The highest BCUT2D eigenvalue weighted by molar-refractivity contribution is 5.86. The fourth-order valence-electron chi connectivity index (χ4n) is 2.78. The summed E-state index contributed by atoms with van der Waals surface area (Å²) in [5.74, 6) is 0.600. The molecule has 3 atom stereocenters. The first-order chi connectivity index (χ1) is 13.1. The molecule has 1 aromatic rings. The number of carbonyl (C=O) groups excluding carboxylic acids is 1. The molecule has 0 aliphatic carbocycles. The van der Waals surface area contributed by atoms with Gasteiger partial charge in [0.05, 0.1) is 11.7 Å². The molecular weight excluding hydrogens is 387 g/mol. The maximum absolute atomic E-state index is 12.9. The van der Waals surface area contributed by atoms with Gasteiger partial charge in [0.25, 0.3) is 0 Å². The lowest BCUT2D eigenvalue weighted by Gasteiger charge is -2.39. The van der Waals surface area contributed by atoms with Crippen LogP contribution in [0.4, 0.5) is 29.3 Å². The number of carbonyl (C=O) groups is 1. The first-order valence-corrected chi connectivity index (χ1v) is 9.52. The highest BCUT2D eigenvalue weighted by atomic mass is 19.4. The summed E-state index contributed by atoms with van der Waals surface area (Å²) in [7, 11) is 0. The average Bonchev–Trinajstić information content (AvgIpc) is 2.53. The Labute approximate surface area is 169 Å². The lowest BCUT2D eigenvalue weighted by molar-refractivity contribution is -0.242. The second-order valence-electron chi connectivity index (χ2n) is 8.80. The Hall–Kier alpha value is -2.16. The van der Waals surface area contributed by atoms with Crippen LogP contribution >= 0.6 is 0 Å². The van der Waals surface area contributed by atoms with Gasteiger partial charge in [-0.25, -0.2) is 4.79 Å². The second kappa shape index (κ2) is 7.93. The third kappa shape index (κ3) is 5.46. The second-order valence-corrected chi connectivity index (χ2v) is 8.80. The zero-order valence-corrected chi connectivity index (χ0v) is 17.6. The summed E-state index contributed by atoms with van der Waals surface area (Å²) in [4.78, 5) is 11.9. The molecule has 2 rings (SSSR count). The van der Waals surface area contributed by atoms with Crippen molar-refractivity contribution >= 4 is 17.5 Å². The van der Waals surface area contributed by atoms with Crippen molar-refractivity contribution in [3.63, 3.8) is 0 Å². The Bertz CT molecular complexity index is 748. The van der Waals surface area contributed by atoms with E-state index in [1.165, 1.54) is 0 Å². The fraction of sp³-hybridized carbons (Fsp3) is 0.650. The summed E-state index contributed by atoms with van der Waals surface area (Å²) >= 11 is 0. The number of halogens is 3. The molecule has 164 valence electrons. The monoisotopic (exact) mass is 417 g/mol. The number of anilines is 2. The Morgan fingerprint density at radius 3 is 2.48 bits per heavy atom. The predicted molar refractivity (Wildman–Crippen MR) is 106 cm³/mol. The van der Waals surface area contributed by atoms with Gasteiger partial charge in [-0.15, -0.1) is 0 Å². The molecule has 0 fully saturated rings. The van der Waals surface area contributed by atoms with Crippen LogP contribution in [0.1, 0.15) is 48.0 Å². The van der Waals surface area contributed by atoms with Crippen LogP contribution in [-0.4, -0.2) is 36.1 Å². The third-order valence-electron chi connectivity index (χ3n) is 5.44. The largest absolute Gasteiger partial charge is 0.486 e. The van der Waals surface area contributed by atoms with Crippen LogP contribution < -0.4 is 21.1 Å². The van der Waals surface area contributed by atoms with Gasteiger partial charge in [-0.05, 0) is 57.7 Å². The highest BCUT2D eigenvalue weighted by Crippen LogP contribution is 2.38. The van der Waals surface area contributed by atoms with Crippen LogP contribution in [0.15, 0.2) is 18.2 Å². The Balaban J connectivity index is 2.08. The van der Waals surface area contributed by atoms with Crippen LogP contribution in [0.25, 0.3) is 0 Å². The van der Waals surface area contributed by atoms with Crippen molar-refractivity contribution in [2.45, 2.75) is 77.9 Å². The number of alkyl halides is 3. The number of fused-ring (bicyclic) bond motifs is 1. The quantitative estimate of drug-likeness (QED) is 0.634. The molecule has 1 aliphatic heterocycles. The molecule has 0 bridgehead atoms. The van der Waals surface area contributed by atoms with E-state index in [4.69, 9.17) is 10.5 Å². The van der Waals surface area contributed by atoms with Gasteiger partial charge in [-0.3, -0.25) is 5.32 Å². The zero-order valence-electron chi connectivity index (χ0n) is 17.6. The minimum absolute atomic E-state index is 0.00163. The van der Waals surface area contributed by atoms with E-state index < -0.39 is 17.9 Å². The van der Waals surface area contributed by atoms with Crippen molar-refractivity contribution in [3.8, 4) is 5.75 Å². The predicted octanol–water partition coefficient (Wildman–Crippen LogP) is 4.90. The number of hydrogen-bond acceptors (Lipinski definition) is 5. The van der Waals surface area contributed by atoms with Crippen molar-refractivity contribution in [2.24, 2.45) is 11.1 Å². The minimum Gasteiger partial charge on any atom is -0.486 e. The van der Waals surface area contributed by atoms with Crippen molar-refractivity contribution in [1.82, 2.24) is 0 Å². The number of amides is 1. The van der Waals surface area contributed by atoms with E-state index in [0.717, 1.165) is 20.3 Å². The van der Waals surface area contributed by atoms with E-state index in [0.29, 0.717) is 17.1 Å². The van der Waals surface area contributed by atoms with E-state index in [2.05, 4.69) is 29.2 Å². The first kappa shape index (κ1) is 23.1. The molecule has 1 aromatic carbocycles. The topological polar surface area (TPSA) is 85.6 Å². The van der Waals surface area contributed by atoms with Gasteiger partial charge >= 0.3 is 12.3 Å².